The summed E-state index contributed by atoms with van der Waals surface area (Å²) in [5.41, 5.74) is 5.40. The fraction of sp³-hybridized carbons (Fsp3) is 0. The minimum atomic E-state index is 1.02. The summed E-state index contributed by atoms with van der Waals surface area (Å²) in [5.74, 6) is 0. The van der Waals surface area contributed by atoms with Gasteiger partial charge in [0.25, 0.3) is 0 Å². The van der Waals surface area contributed by atoms with Gasteiger partial charge < -0.3 is 9.97 Å². The Balaban J connectivity index is 2.13. The highest BCUT2D eigenvalue weighted by Crippen LogP contribution is 2.35. The first kappa shape index (κ1) is 11.3. The van der Waals surface area contributed by atoms with E-state index in [1.54, 1.807) is 0 Å². The zero-order valence-electron chi connectivity index (χ0n) is 10.9. The van der Waals surface area contributed by atoms with Crippen LogP contribution in [0, 0.1) is 0 Å². The van der Waals surface area contributed by atoms with Gasteiger partial charge in [-0.05, 0) is 28.1 Å². The van der Waals surface area contributed by atoms with Gasteiger partial charge in [-0.25, -0.2) is 0 Å². The van der Waals surface area contributed by atoms with Crippen molar-refractivity contribution >= 4 is 59.7 Å². The van der Waals surface area contributed by atoms with Crippen LogP contribution in [0.5, 0.6) is 0 Å². The average Bonchev–Trinajstić information content (AvgIpc) is 3.05. The molecule has 3 nitrogen and oxygen atoms in total. The maximum Gasteiger partial charge on any atom is 0.0966 e. The molecule has 0 saturated heterocycles. The molecule has 0 aliphatic rings. The van der Waals surface area contributed by atoms with E-state index >= 15 is 0 Å². The zero-order chi connectivity index (χ0) is 14.0. The van der Waals surface area contributed by atoms with Gasteiger partial charge in [0.1, 0.15) is 0 Å². The number of aromatic nitrogens is 3. The highest BCUT2D eigenvalue weighted by atomic mass is 79.9. The van der Waals surface area contributed by atoms with Crippen molar-refractivity contribution in [2.24, 2.45) is 0 Å². The third-order valence-corrected chi connectivity index (χ3v) is 4.72. The molecule has 100 valence electrons. The quantitative estimate of drug-likeness (QED) is 0.405. The van der Waals surface area contributed by atoms with E-state index in [1.165, 1.54) is 10.8 Å². The van der Waals surface area contributed by atoms with Crippen LogP contribution in [0.1, 0.15) is 0 Å². The molecule has 21 heavy (non-hydrogen) atoms. The molecule has 0 aliphatic heterocycles. The maximum atomic E-state index is 4.65. The van der Waals surface area contributed by atoms with E-state index in [9.17, 15) is 0 Å². The van der Waals surface area contributed by atoms with Gasteiger partial charge in [0.05, 0.1) is 28.3 Å². The van der Waals surface area contributed by atoms with Crippen LogP contribution >= 0.6 is 15.9 Å². The van der Waals surface area contributed by atoms with E-state index in [-0.39, 0.29) is 0 Å². The second-order valence-corrected chi connectivity index (χ2v) is 6.08. The molecular formula is C17H10BrN3. The summed E-state index contributed by atoms with van der Waals surface area (Å²) < 4.78 is 1.06. The number of benzene rings is 2. The Morgan fingerprint density at radius 3 is 2.62 bits per heavy atom. The number of hydrogen-bond acceptors (Lipinski definition) is 1. The molecule has 3 aromatic heterocycles. The Labute approximate surface area is 128 Å². The molecule has 0 amide bonds. The highest BCUT2D eigenvalue weighted by Gasteiger charge is 2.13. The number of para-hydroxylation sites is 2. The number of nitrogens with one attached hydrogen (secondary N) is 2. The Morgan fingerprint density at radius 2 is 1.67 bits per heavy atom. The van der Waals surface area contributed by atoms with Crippen molar-refractivity contribution in [3.63, 3.8) is 0 Å². The van der Waals surface area contributed by atoms with Crippen molar-refractivity contribution in [2.45, 2.75) is 0 Å². The number of halogens is 1. The van der Waals surface area contributed by atoms with Crippen molar-refractivity contribution in [1.29, 1.82) is 0 Å². The van der Waals surface area contributed by atoms with Gasteiger partial charge in [-0.2, -0.15) is 0 Å². The van der Waals surface area contributed by atoms with Crippen LogP contribution in [0.2, 0.25) is 0 Å². The summed E-state index contributed by atoms with van der Waals surface area (Å²) in [4.78, 5) is 11.6. The molecule has 2 aromatic carbocycles. The van der Waals surface area contributed by atoms with E-state index in [2.05, 4.69) is 55.1 Å². The summed E-state index contributed by atoms with van der Waals surface area (Å²) in [6.45, 7) is 0. The molecule has 3 heterocycles. The Kier molecular flexibility index (Phi) is 2.08. The van der Waals surface area contributed by atoms with Gasteiger partial charge >= 0.3 is 0 Å². The van der Waals surface area contributed by atoms with E-state index in [4.69, 9.17) is 0 Å². The fourth-order valence-electron chi connectivity index (χ4n) is 3.14. The molecule has 0 spiro atoms. The van der Waals surface area contributed by atoms with Gasteiger partial charge in [0, 0.05) is 26.1 Å². The summed E-state index contributed by atoms with van der Waals surface area (Å²) in [6.07, 6.45) is 1.92. The van der Waals surface area contributed by atoms with Gasteiger partial charge in [-0.1, -0.05) is 30.3 Å². The fourth-order valence-corrected chi connectivity index (χ4v) is 3.61. The van der Waals surface area contributed by atoms with Crippen LogP contribution in [0.4, 0.5) is 0 Å². The summed E-state index contributed by atoms with van der Waals surface area (Å²) in [5, 5.41) is 3.58. The van der Waals surface area contributed by atoms with Crippen molar-refractivity contribution in [3.05, 3.63) is 53.1 Å². The first-order chi connectivity index (χ1) is 10.3. The molecule has 2 N–H and O–H groups in total. The number of rotatable bonds is 0. The number of nitrogens with zero attached hydrogens (tertiary/aromatic N) is 1. The SMILES string of the molecule is Brc1cccc2c1[nH]c1c2ncc2[nH]c3ccccc3c21. The lowest BCUT2D eigenvalue weighted by Crippen LogP contribution is -1.76. The van der Waals surface area contributed by atoms with E-state index in [1.807, 2.05) is 24.4 Å². The molecule has 4 heteroatoms. The molecule has 0 radical (unpaired) electrons. The lowest BCUT2D eigenvalue weighted by Gasteiger charge is -1.94. The molecule has 0 atom stereocenters. The Hall–Kier alpha value is -2.33. The first-order valence-electron chi connectivity index (χ1n) is 6.78. The van der Waals surface area contributed by atoms with Crippen LogP contribution in [-0.2, 0) is 0 Å². The second-order valence-electron chi connectivity index (χ2n) is 5.23. The normalized spacial score (nSPS) is 12.0. The van der Waals surface area contributed by atoms with Gasteiger partial charge in [0.2, 0.25) is 0 Å². The van der Waals surface area contributed by atoms with Gasteiger partial charge in [0.15, 0.2) is 0 Å². The van der Waals surface area contributed by atoms with Crippen LogP contribution in [0.25, 0.3) is 43.7 Å². The molecule has 5 rings (SSSR count). The number of hydrogen-bond donors (Lipinski definition) is 2. The Bertz CT molecular complexity index is 1150. The molecule has 5 aromatic rings. The van der Waals surface area contributed by atoms with Gasteiger partial charge in [-0.3, -0.25) is 4.98 Å². The number of aromatic amines is 2. The molecule has 0 aliphatic carbocycles. The summed E-state index contributed by atoms with van der Waals surface area (Å²) in [6, 6.07) is 14.6. The number of pyridine rings is 1. The van der Waals surface area contributed by atoms with E-state index in [0.29, 0.717) is 0 Å². The maximum absolute atomic E-state index is 4.65. The lowest BCUT2D eigenvalue weighted by atomic mass is 10.1. The number of H-pyrrole nitrogens is 2. The second kappa shape index (κ2) is 3.86. The minimum absolute atomic E-state index is 1.02. The zero-order valence-corrected chi connectivity index (χ0v) is 12.5. The topological polar surface area (TPSA) is 44.5 Å². The van der Waals surface area contributed by atoms with Crippen LogP contribution in [-0.4, -0.2) is 15.0 Å². The summed E-state index contributed by atoms with van der Waals surface area (Å²) >= 11 is 3.61. The van der Waals surface area contributed by atoms with Crippen LogP contribution in [0.15, 0.2) is 53.1 Å². The average molecular weight is 336 g/mol. The largest absolute Gasteiger partial charge is 0.353 e. The van der Waals surface area contributed by atoms with E-state index < -0.39 is 0 Å². The predicted molar refractivity (Wildman–Crippen MR) is 90.7 cm³/mol. The van der Waals surface area contributed by atoms with Crippen molar-refractivity contribution < 1.29 is 0 Å². The van der Waals surface area contributed by atoms with Crippen molar-refractivity contribution in [3.8, 4) is 0 Å². The van der Waals surface area contributed by atoms with Crippen LogP contribution < -0.4 is 0 Å². The standard InChI is InChI=1S/C17H10BrN3/c18-11-6-3-5-10-15(11)21-17-14-9-4-1-2-7-12(9)20-13(14)8-19-16(10)17/h1-8,20-21H. The molecule has 0 saturated carbocycles. The lowest BCUT2D eigenvalue weighted by molar-refractivity contribution is 1.42. The molecule has 0 fully saturated rings. The smallest absolute Gasteiger partial charge is 0.0966 e. The minimum Gasteiger partial charge on any atom is -0.353 e. The van der Waals surface area contributed by atoms with Crippen molar-refractivity contribution in [1.82, 2.24) is 15.0 Å². The monoisotopic (exact) mass is 335 g/mol. The van der Waals surface area contributed by atoms with Crippen molar-refractivity contribution in [2.75, 3.05) is 0 Å². The van der Waals surface area contributed by atoms with Gasteiger partial charge in [-0.15, -0.1) is 0 Å². The number of fused-ring (bicyclic) bond motifs is 7. The van der Waals surface area contributed by atoms with Crippen LogP contribution in [0.3, 0.4) is 0 Å². The molecule has 0 unspecified atom stereocenters. The third-order valence-electron chi connectivity index (χ3n) is 4.06. The third kappa shape index (κ3) is 1.40. The molecular weight excluding hydrogens is 326 g/mol. The highest BCUT2D eigenvalue weighted by molar-refractivity contribution is 9.10. The first-order valence-corrected chi connectivity index (χ1v) is 7.57. The predicted octanol–water partition coefficient (Wildman–Crippen LogP) is 5.11. The van der Waals surface area contributed by atoms with E-state index in [0.717, 1.165) is 37.4 Å². The Morgan fingerprint density at radius 1 is 0.810 bits per heavy atom. The molecule has 0 bridgehead atoms. The summed E-state index contributed by atoms with van der Waals surface area (Å²) in [7, 11) is 0.